The topological polar surface area (TPSA) is 67.2 Å². The fourth-order valence-corrected chi connectivity index (χ4v) is 1.80. The molecule has 21 heavy (non-hydrogen) atoms. The van der Waals surface area contributed by atoms with Crippen molar-refractivity contribution in [1.29, 1.82) is 0 Å². The standard InChI is InChI=1S/C15H15F2N3O/c16-14(17)11-3-1-10(2-4-11)9-19-12-5-7-13(8-6-12)20-15(18)21/h1-8,14,19H,9H2,(H3,18,20,21). The van der Waals surface area contributed by atoms with E-state index in [4.69, 9.17) is 5.73 Å². The van der Waals surface area contributed by atoms with Crippen LogP contribution in [0.5, 0.6) is 0 Å². The Morgan fingerprint density at radius 2 is 1.57 bits per heavy atom. The molecule has 0 aliphatic heterocycles. The second-order valence-electron chi connectivity index (χ2n) is 4.46. The van der Waals surface area contributed by atoms with E-state index in [1.165, 1.54) is 12.1 Å². The van der Waals surface area contributed by atoms with Gasteiger partial charge in [-0.2, -0.15) is 0 Å². The van der Waals surface area contributed by atoms with Crippen LogP contribution in [0.15, 0.2) is 48.5 Å². The second-order valence-corrected chi connectivity index (χ2v) is 4.46. The molecule has 0 fully saturated rings. The van der Waals surface area contributed by atoms with Gasteiger partial charge in [-0.05, 0) is 29.8 Å². The summed E-state index contributed by atoms with van der Waals surface area (Å²) in [7, 11) is 0. The zero-order chi connectivity index (χ0) is 15.2. The van der Waals surface area contributed by atoms with Crippen molar-refractivity contribution in [2.24, 2.45) is 5.73 Å². The van der Waals surface area contributed by atoms with Gasteiger partial charge in [-0.15, -0.1) is 0 Å². The van der Waals surface area contributed by atoms with E-state index in [1.807, 2.05) is 0 Å². The lowest BCUT2D eigenvalue weighted by Gasteiger charge is -2.08. The number of carbonyl (C=O) groups is 1. The summed E-state index contributed by atoms with van der Waals surface area (Å²) in [4.78, 5) is 10.7. The van der Waals surface area contributed by atoms with Crippen LogP contribution in [0.25, 0.3) is 0 Å². The molecule has 0 radical (unpaired) electrons. The number of urea groups is 1. The molecule has 0 aliphatic rings. The molecule has 2 aromatic carbocycles. The quantitative estimate of drug-likeness (QED) is 0.785. The molecular weight excluding hydrogens is 276 g/mol. The monoisotopic (exact) mass is 291 g/mol. The third-order valence-corrected chi connectivity index (χ3v) is 2.88. The van der Waals surface area contributed by atoms with Crippen LogP contribution in [0.2, 0.25) is 0 Å². The predicted octanol–water partition coefficient (Wildman–Crippen LogP) is 3.73. The van der Waals surface area contributed by atoms with Gasteiger partial charge >= 0.3 is 6.03 Å². The van der Waals surface area contributed by atoms with Crippen LogP contribution in [0.3, 0.4) is 0 Å². The normalized spacial score (nSPS) is 10.4. The highest BCUT2D eigenvalue weighted by Crippen LogP contribution is 2.19. The van der Waals surface area contributed by atoms with Gasteiger partial charge in [0.25, 0.3) is 6.43 Å². The van der Waals surface area contributed by atoms with Crippen molar-refractivity contribution in [2.75, 3.05) is 10.6 Å². The van der Waals surface area contributed by atoms with E-state index >= 15 is 0 Å². The Hall–Kier alpha value is -2.63. The molecule has 2 aromatic rings. The van der Waals surface area contributed by atoms with Gasteiger partial charge in [0.2, 0.25) is 0 Å². The molecule has 2 amide bonds. The van der Waals surface area contributed by atoms with Crippen molar-refractivity contribution in [3.05, 3.63) is 59.7 Å². The minimum atomic E-state index is -2.45. The van der Waals surface area contributed by atoms with Gasteiger partial charge in [-0.3, -0.25) is 0 Å². The highest BCUT2D eigenvalue weighted by molar-refractivity contribution is 5.87. The van der Waals surface area contributed by atoms with Crippen molar-refractivity contribution in [2.45, 2.75) is 13.0 Å². The Morgan fingerprint density at radius 3 is 2.10 bits per heavy atom. The van der Waals surface area contributed by atoms with Crippen LogP contribution in [-0.2, 0) is 6.54 Å². The molecule has 110 valence electrons. The van der Waals surface area contributed by atoms with Crippen molar-refractivity contribution in [1.82, 2.24) is 0 Å². The number of rotatable bonds is 5. The number of nitrogens with two attached hydrogens (primary N) is 1. The van der Waals surface area contributed by atoms with Gasteiger partial charge in [-0.1, -0.05) is 24.3 Å². The van der Waals surface area contributed by atoms with Crippen molar-refractivity contribution >= 4 is 17.4 Å². The van der Waals surface area contributed by atoms with Gasteiger partial charge in [0.05, 0.1) is 0 Å². The number of hydrogen-bond acceptors (Lipinski definition) is 2. The number of anilines is 2. The summed E-state index contributed by atoms with van der Waals surface area (Å²) >= 11 is 0. The van der Waals surface area contributed by atoms with Crippen LogP contribution >= 0.6 is 0 Å². The van der Waals surface area contributed by atoms with Crippen molar-refractivity contribution in [3.8, 4) is 0 Å². The molecule has 0 heterocycles. The SMILES string of the molecule is NC(=O)Nc1ccc(NCc2ccc(C(F)F)cc2)cc1. The predicted molar refractivity (Wildman–Crippen MR) is 78.4 cm³/mol. The number of hydrogen-bond donors (Lipinski definition) is 3. The molecule has 4 nitrogen and oxygen atoms in total. The molecule has 0 unspecified atom stereocenters. The minimum absolute atomic E-state index is 0.0145. The lowest BCUT2D eigenvalue weighted by molar-refractivity contribution is 0.151. The molecular formula is C15H15F2N3O. The van der Waals surface area contributed by atoms with Crippen LogP contribution in [0.4, 0.5) is 25.0 Å². The molecule has 0 bridgehead atoms. The summed E-state index contributed by atoms with van der Waals surface area (Å²) in [6.07, 6.45) is -2.45. The third kappa shape index (κ3) is 4.45. The Kier molecular flexibility index (Phi) is 4.71. The smallest absolute Gasteiger partial charge is 0.316 e. The van der Waals surface area contributed by atoms with Gasteiger partial charge in [0.15, 0.2) is 0 Å². The number of alkyl halides is 2. The molecule has 0 atom stereocenters. The first-order chi connectivity index (χ1) is 10.0. The van der Waals surface area contributed by atoms with Crippen LogP contribution in [0.1, 0.15) is 17.6 Å². The Labute approximate surface area is 121 Å². The maximum Gasteiger partial charge on any atom is 0.316 e. The van der Waals surface area contributed by atoms with Crippen LogP contribution in [-0.4, -0.2) is 6.03 Å². The van der Waals surface area contributed by atoms with E-state index in [-0.39, 0.29) is 5.56 Å². The molecule has 0 aromatic heterocycles. The Morgan fingerprint density at radius 1 is 1.00 bits per heavy atom. The fraction of sp³-hybridized carbons (Fsp3) is 0.133. The van der Waals surface area contributed by atoms with Crippen molar-refractivity contribution in [3.63, 3.8) is 0 Å². The van der Waals surface area contributed by atoms with Crippen LogP contribution < -0.4 is 16.4 Å². The number of halogens is 2. The highest BCUT2D eigenvalue weighted by Gasteiger charge is 2.05. The lowest BCUT2D eigenvalue weighted by atomic mass is 10.1. The number of nitrogens with one attached hydrogen (secondary N) is 2. The maximum atomic E-state index is 12.4. The van der Waals surface area contributed by atoms with Gasteiger partial charge in [0, 0.05) is 23.5 Å². The lowest BCUT2D eigenvalue weighted by Crippen LogP contribution is -2.19. The molecule has 0 spiro atoms. The molecule has 0 saturated carbocycles. The third-order valence-electron chi connectivity index (χ3n) is 2.88. The number of benzene rings is 2. The zero-order valence-electron chi connectivity index (χ0n) is 11.1. The van der Waals surface area contributed by atoms with Crippen LogP contribution in [0, 0.1) is 0 Å². The highest BCUT2D eigenvalue weighted by atomic mass is 19.3. The summed E-state index contributed by atoms with van der Waals surface area (Å²) in [6, 6.07) is 12.6. The summed E-state index contributed by atoms with van der Waals surface area (Å²) in [6.45, 7) is 0.520. The van der Waals surface area contributed by atoms with E-state index in [0.717, 1.165) is 11.3 Å². The molecule has 0 aliphatic carbocycles. The average Bonchev–Trinajstić information content (AvgIpc) is 2.46. The summed E-state index contributed by atoms with van der Waals surface area (Å²) in [5, 5.41) is 5.62. The average molecular weight is 291 g/mol. The van der Waals surface area contributed by atoms with Gasteiger partial charge in [0.1, 0.15) is 0 Å². The van der Waals surface area contributed by atoms with Gasteiger partial charge in [-0.25, -0.2) is 13.6 Å². The number of primary amides is 1. The summed E-state index contributed by atoms with van der Waals surface area (Å²) in [5.74, 6) is 0. The number of carbonyl (C=O) groups excluding carboxylic acids is 1. The zero-order valence-corrected chi connectivity index (χ0v) is 11.1. The van der Waals surface area contributed by atoms with E-state index in [0.29, 0.717) is 12.2 Å². The first kappa shape index (κ1) is 14.8. The van der Waals surface area contributed by atoms with E-state index < -0.39 is 12.5 Å². The molecule has 0 saturated heterocycles. The molecule has 2 rings (SSSR count). The largest absolute Gasteiger partial charge is 0.381 e. The van der Waals surface area contributed by atoms with Crippen molar-refractivity contribution < 1.29 is 13.6 Å². The maximum absolute atomic E-state index is 12.4. The Balaban J connectivity index is 1.91. The molecule has 4 N–H and O–H groups in total. The summed E-state index contributed by atoms with van der Waals surface area (Å²) < 4.78 is 24.8. The first-order valence-corrected chi connectivity index (χ1v) is 6.32. The van der Waals surface area contributed by atoms with E-state index in [1.54, 1.807) is 36.4 Å². The van der Waals surface area contributed by atoms with Gasteiger partial charge < -0.3 is 16.4 Å². The fourth-order valence-electron chi connectivity index (χ4n) is 1.80. The minimum Gasteiger partial charge on any atom is -0.381 e. The number of amides is 2. The molecule has 6 heteroatoms. The first-order valence-electron chi connectivity index (χ1n) is 6.32. The Bertz CT molecular complexity index is 597. The van der Waals surface area contributed by atoms with E-state index in [2.05, 4.69) is 10.6 Å². The van der Waals surface area contributed by atoms with E-state index in [9.17, 15) is 13.6 Å². The summed E-state index contributed by atoms with van der Waals surface area (Å²) in [5.41, 5.74) is 7.38. The second kappa shape index (κ2) is 6.69.